The van der Waals surface area contributed by atoms with E-state index in [2.05, 4.69) is 60.0 Å². The third-order valence-electron chi connectivity index (χ3n) is 3.18. The van der Waals surface area contributed by atoms with Crippen molar-refractivity contribution in [1.82, 2.24) is 14.9 Å². The highest BCUT2D eigenvalue weighted by atomic mass is 15.0. The van der Waals surface area contributed by atoms with Crippen LogP contribution in [-0.2, 0) is 13.1 Å². The minimum atomic E-state index is 0.844. The van der Waals surface area contributed by atoms with Gasteiger partial charge in [-0.2, -0.15) is 0 Å². The Bertz CT molecular complexity index is 514. The molecule has 2 aromatic rings. The van der Waals surface area contributed by atoms with Gasteiger partial charge < -0.3 is 9.88 Å². The Labute approximate surface area is 109 Å². The maximum absolute atomic E-state index is 4.39. The molecule has 0 fully saturated rings. The number of nitrogens with zero attached hydrogens (tertiary/aromatic N) is 2. The second-order valence-electron chi connectivity index (χ2n) is 4.74. The van der Waals surface area contributed by atoms with Gasteiger partial charge in [-0.1, -0.05) is 25.1 Å². The van der Waals surface area contributed by atoms with Crippen LogP contribution < -0.4 is 5.32 Å². The first kappa shape index (κ1) is 12.8. The molecule has 0 spiro atoms. The second kappa shape index (κ2) is 5.83. The van der Waals surface area contributed by atoms with E-state index in [4.69, 9.17) is 0 Å². The van der Waals surface area contributed by atoms with Gasteiger partial charge in [0.05, 0.1) is 12.0 Å². The predicted molar refractivity (Wildman–Crippen MR) is 74.6 cm³/mol. The van der Waals surface area contributed by atoms with Gasteiger partial charge in [0.25, 0.3) is 0 Å². The summed E-state index contributed by atoms with van der Waals surface area (Å²) < 4.78 is 2.14. The molecule has 0 amide bonds. The van der Waals surface area contributed by atoms with Gasteiger partial charge in [-0.3, -0.25) is 0 Å². The quantitative estimate of drug-likeness (QED) is 0.875. The van der Waals surface area contributed by atoms with E-state index in [-0.39, 0.29) is 0 Å². The molecule has 3 heteroatoms. The number of aromatic nitrogens is 2. The van der Waals surface area contributed by atoms with Crippen molar-refractivity contribution in [2.75, 3.05) is 6.54 Å². The summed E-state index contributed by atoms with van der Waals surface area (Å²) >= 11 is 0. The molecule has 0 aliphatic carbocycles. The Morgan fingerprint density at radius 3 is 2.78 bits per heavy atom. The van der Waals surface area contributed by atoms with Gasteiger partial charge in [0.15, 0.2) is 0 Å². The van der Waals surface area contributed by atoms with Crippen molar-refractivity contribution in [3.05, 3.63) is 53.1 Å². The van der Waals surface area contributed by atoms with Crippen molar-refractivity contribution in [3.8, 4) is 0 Å². The molecule has 0 aliphatic rings. The zero-order chi connectivity index (χ0) is 13.0. The molecule has 0 saturated carbocycles. The van der Waals surface area contributed by atoms with Crippen molar-refractivity contribution >= 4 is 0 Å². The molecule has 3 nitrogen and oxygen atoms in total. The maximum Gasteiger partial charge on any atom is 0.0953 e. The Hall–Kier alpha value is -1.61. The smallest absolute Gasteiger partial charge is 0.0953 e. The van der Waals surface area contributed by atoms with Crippen LogP contribution >= 0.6 is 0 Å². The second-order valence-corrected chi connectivity index (χ2v) is 4.74. The van der Waals surface area contributed by atoms with Crippen molar-refractivity contribution in [1.29, 1.82) is 0 Å². The number of aryl methyl sites for hydroxylation is 2. The minimum Gasteiger partial charge on any atom is -0.333 e. The molecule has 18 heavy (non-hydrogen) atoms. The van der Waals surface area contributed by atoms with Crippen LogP contribution in [0.25, 0.3) is 0 Å². The van der Waals surface area contributed by atoms with Crippen LogP contribution in [0, 0.1) is 13.8 Å². The molecular weight excluding hydrogens is 222 g/mol. The summed E-state index contributed by atoms with van der Waals surface area (Å²) in [6.07, 6.45) is 4.01. The van der Waals surface area contributed by atoms with Gasteiger partial charge in [0.2, 0.25) is 0 Å². The minimum absolute atomic E-state index is 0.844. The molecular formula is C15H21N3. The summed E-state index contributed by atoms with van der Waals surface area (Å²) in [5, 5.41) is 3.28. The molecule has 1 heterocycles. The number of imidazole rings is 1. The van der Waals surface area contributed by atoms with E-state index in [1.807, 2.05) is 6.33 Å². The summed E-state index contributed by atoms with van der Waals surface area (Å²) in [5.74, 6) is 0. The summed E-state index contributed by atoms with van der Waals surface area (Å²) in [4.78, 5) is 4.39. The fourth-order valence-corrected chi connectivity index (χ4v) is 1.95. The number of rotatable bonds is 5. The normalized spacial score (nSPS) is 10.8. The van der Waals surface area contributed by atoms with E-state index in [9.17, 15) is 0 Å². The van der Waals surface area contributed by atoms with Crippen LogP contribution in [0.15, 0.2) is 30.7 Å². The molecule has 0 aliphatic heterocycles. The highest BCUT2D eigenvalue weighted by Crippen LogP contribution is 2.11. The first-order chi connectivity index (χ1) is 8.69. The van der Waals surface area contributed by atoms with E-state index in [0.29, 0.717) is 0 Å². The summed E-state index contributed by atoms with van der Waals surface area (Å²) in [6, 6.07) is 6.62. The summed E-state index contributed by atoms with van der Waals surface area (Å²) in [5.41, 5.74) is 5.11. The Morgan fingerprint density at radius 2 is 2.06 bits per heavy atom. The van der Waals surface area contributed by atoms with Crippen LogP contribution in [0.3, 0.4) is 0 Å². The van der Waals surface area contributed by atoms with Crippen LogP contribution in [0.4, 0.5) is 0 Å². The zero-order valence-corrected chi connectivity index (χ0v) is 11.4. The number of benzene rings is 1. The first-order valence-electron chi connectivity index (χ1n) is 6.46. The lowest BCUT2D eigenvalue weighted by Crippen LogP contribution is -2.11. The van der Waals surface area contributed by atoms with Crippen molar-refractivity contribution in [2.24, 2.45) is 0 Å². The predicted octanol–water partition coefficient (Wildman–Crippen LogP) is 2.66. The number of hydrogen-bond acceptors (Lipinski definition) is 2. The fraction of sp³-hybridized carbons (Fsp3) is 0.400. The molecule has 0 bridgehead atoms. The first-order valence-corrected chi connectivity index (χ1v) is 6.46. The fourth-order valence-electron chi connectivity index (χ4n) is 1.95. The lowest BCUT2D eigenvalue weighted by atomic mass is 10.1. The topological polar surface area (TPSA) is 29.9 Å². The zero-order valence-electron chi connectivity index (χ0n) is 11.4. The third kappa shape index (κ3) is 3.20. The van der Waals surface area contributed by atoms with Crippen LogP contribution in [-0.4, -0.2) is 16.1 Å². The SMILES string of the molecule is CCNCc1cn(Cc2ccc(C)c(C)c2)cn1. The molecule has 1 N–H and O–H groups in total. The molecule has 0 radical (unpaired) electrons. The van der Waals surface area contributed by atoms with Gasteiger partial charge in [-0.05, 0) is 37.1 Å². The Balaban J connectivity index is 2.04. The lowest BCUT2D eigenvalue weighted by molar-refractivity contribution is 0.712. The third-order valence-corrected chi connectivity index (χ3v) is 3.18. The molecule has 1 aromatic heterocycles. The summed E-state index contributed by atoms with van der Waals surface area (Å²) in [6.45, 7) is 9.11. The van der Waals surface area contributed by atoms with E-state index in [0.717, 1.165) is 25.3 Å². The average Bonchev–Trinajstić information content (AvgIpc) is 2.79. The van der Waals surface area contributed by atoms with Gasteiger partial charge in [0.1, 0.15) is 0 Å². The average molecular weight is 243 g/mol. The number of nitrogens with one attached hydrogen (secondary N) is 1. The van der Waals surface area contributed by atoms with E-state index in [1.165, 1.54) is 16.7 Å². The van der Waals surface area contributed by atoms with Crippen molar-refractivity contribution < 1.29 is 0 Å². The van der Waals surface area contributed by atoms with Gasteiger partial charge in [0, 0.05) is 19.3 Å². The van der Waals surface area contributed by atoms with E-state index >= 15 is 0 Å². The highest BCUT2D eigenvalue weighted by molar-refractivity contribution is 5.30. The van der Waals surface area contributed by atoms with Crippen LogP contribution in [0.2, 0.25) is 0 Å². The van der Waals surface area contributed by atoms with E-state index < -0.39 is 0 Å². The van der Waals surface area contributed by atoms with Crippen LogP contribution in [0.5, 0.6) is 0 Å². The Kier molecular flexibility index (Phi) is 4.15. The van der Waals surface area contributed by atoms with Gasteiger partial charge in [-0.25, -0.2) is 4.98 Å². The Morgan fingerprint density at radius 1 is 1.22 bits per heavy atom. The van der Waals surface area contributed by atoms with Crippen LogP contribution in [0.1, 0.15) is 29.3 Å². The van der Waals surface area contributed by atoms with Crippen molar-refractivity contribution in [3.63, 3.8) is 0 Å². The van der Waals surface area contributed by atoms with Crippen molar-refractivity contribution in [2.45, 2.75) is 33.9 Å². The molecule has 2 rings (SSSR count). The maximum atomic E-state index is 4.39. The van der Waals surface area contributed by atoms with Gasteiger partial charge in [-0.15, -0.1) is 0 Å². The molecule has 1 aromatic carbocycles. The summed E-state index contributed by atoms with van der Waals surface area (Å²) in [7, 11) is 0. The standard InChI is InChI=1S/C15H21N3/c1-4-16-8-15-10-18(11-17-15)9-14-6-5-12(2)13(3)7-14/h5-7,10-11,16H,4,8-9H2,1-3H3. The highest BCUT2D eigenvalue weighted by Gasteiger charge is 2.00. The molecule has 0 unspecified atom stereocenters. The number of hydrogen-bond donors (Lipinski definition) is 1. The molecule has 0 atom stereocenters. The molecule has 0 saturated heterocycles. The van der Waals surface area contributed by atoms with Gasteiger partial charge >= 0.3 is 0 Å². The monoisotopic (exact) mass is 243 g/mol. The van der Waals surface area contributed by atoms with E-state index in [1.54, 1.807) is 0 Å². The lowest BCUT2D eigenvalue weighted by Gasteiger charge is -2.05. The molecule has 96 valence electrons. The largest absolute Gasteiger partial charge is 0.333 e.